The minimum atomic E-state index is -0.475. The van der Waals surface area contributed by atoms with Crippen LogP contribution >= 0.6 is 11.6 Å². The quantitative estimate of drug-likeness (QED) is 0.598. The summed E-state index contributed by atoms with van der Waals surface area (Å²) in [4.78, 5) is 29.6. The van der Waals surface area contributed by atoms with Gasteiger partial charge in [-0.1, -0.05) is 29.8 Å². The molecule has 2 aromatic rings. The highest BCUT2D eigenvalue weighted by Gasteiger charge is 2.28. The van der Waals surface area contributed by atoms with E-state index in [0.29, 0.717) is 27.7 Å². The number of hydrogen-bond acceptors (Lipinski definition) is 4. The Morgan fingerprint density at radius 3 is 2.60 bits per heavy atom. The van der Waals surface area contributed by atoms with Crippen LogP contribution in [0.25, 0.3) is 0 Å². The molecule has 0 saturated heterocycles. The van der Waals surface area contributed by atoms with E-state index in [9.17, 15) is 14.9 Å². The third-order valence-electron chi connectivity index (χ3n) is 3.97. The molecule has 0 aromatic heterocycles. The zero-order valence-corrected chi connectivity index (χ0v) is 14.5. The normalized spacial score (nSPS) is 14.2. The molecule has 0 unspecified atom stereocenters. The molecular formula is C18H16ClN3O3. The molecule has 1 amide bonds. The molecule has 0 N–H and O–H groups in total. The van der Waals surface area contributed by atoms with E-state index in [1.165, 1.54) is 12.1 Å². The third-order valence-corrected chi connectivity index (χ3v) is 4.30. The van der Waals surface area contributed by atoms with E-state index in [0.717, 1.165) is 0 Å². The van der Waals surface area contributed by atoms with E-state index in [2.05, 4.69) is 4.99 Å². The molecule has 0 radical (unpaired) electrons. The summed E-state index contributed by atoms with van der Waals surface area (Å²) in [5, 5.41) is 11.6. The molecule has 3 rings (SSSR count). The standard InChI is InChI=1S/C18H16ClN3O3/c1-11(2)21-17-8-7-12(22(24)25)9-16(17)20-15(10-18(21)23)13-5-3-4-6-14(13)19/h3-9,11H,10H2,1-2H3. The third kappa shape index (κ3) is 3.25. The maximum atomic E-state index is 12.8. The number of carbonyl (C=O) groups excluding carboxylic acids is 1. The van der Waals surface area contributed by atoms with Gasteiger partial charge < -0.3 is 4.90 Å². The largest absolute Gasteiger partial charge is 0.307 e. The molecule has 7 heteroatoms. The van der Waals surface area contributed by atoms with Crippen LogP contribution in [0.15, 0.2) is 47.5 Å². The highest BCUT2D eigenvalue weighted by molar-refractivity contribution is 6.35. The maximum absolute atomic E-state index is 12.8. The first-order valence-corrected chi connectivity index (χ1v) is 8.19. The number of halogens is 1. The van der Waals surface area contributed by atoms with Gasteiger partial charge in [-0.25, -0.2) is 4.99 Å². The van der Waals surface area contributed by atoms with Gasteiger partial charge >= 0.3 is 0 Å². The van der Waals surface area contributed by atoms with Crippen LogP contribution in [0.3, 0.4) is 0 Å². The van der Waals surface area contributed by atoms with E-state index < -0.39 is 4.92 Å². The second kappa shape index (κ2) is 6.64. The highest BCUT2D eigenvalue weighted by Crippen LogP contribution is 2.37. The minimum absolute atomic E-state index is 0.0703. The fourth-order valence-electron chi connectivity index (χ4n) is 2.88. The summed E-state index contributed by atoms with van der Waals surface area (Å²) in [6.07, 6.45) is 0.0738. The summed E-state index contributed by atoms with van der Waals surface area (Å²) in [6, 6.07) is 11.4. The Morgan fingerprint density at radius 1 is 1.24 bits per heavy atom. The monoisotopic (exact) mass is 357 g/mol. The van der Waals surface area contributed by atoms with Crippen molar-refractivity contribution in [3.63, 3.8) is 0 Å². The molecule has 25 heavy (non-hydrogen) atoms. The number of non-ortho nitro benzene ring substituents is 1. The molecule has 1 aliphatic heterocycles. The SMILES string of the molecule is CC(C)N1C(=O)CC(c2ccccc2Cl)=Nc2cc([N+](=O)[O-])ccc21. The lowest BCUT2D eigenvalue weighted by Crippen LogP contribution is -2.37. The first-order valence-electron chi connectivity index (χ1n) is 7.81. The number of anilines is 1. The van der Waals surface area contributed by atoms with Gasteiger partial charge in [0.15, 0.2) is 0 Å². The Morgan fingerprint density at radius 2 is 1.96 bits per heavy atom. The smallest absolute Gasteiger partial charge is 0.271 e. The number of carbonyl (C=O) groups is 1. The van der Waals surface area contributed by atoms with E-state index in [1.54, 1.807) is 29.2 Å². The van der Waals surface area contributed by atoms with E-state index in [1.807, 2.05) is 19.9 Å². The second-order valence-electron chi connectivity index (χ2n) is 6.00. The molecule has 0 atom stereocenters. The van der Waals surface area contributed by atoms with Crippen LogP contribution in [-0.2, 0) is 4.79 Å². The van der Waals surface area contributed by atoms with Gasteiger partial charge in [-0.05, 0) is 26.0 Å². The van der Waals surface area contributed by atoms with E-state index in [4.69, 9.17) is 11.6 Å². The summed E-state index contributed by atoms with van der Waals surface area (Å²) < 4.78 is 0. The van der Waals surface area contributed by atoms with Gasteiger partial charge in [0.05, 0.1) is 28.4 Å². The van der Waals surface area contributed by atoms with Crippen molar-refractivity contribution in [2.75, 3.05) is 4.90 Å². The topological polar surface area (TPSA) is 75.8 Å². The van der Waals surface area contributed by atoms with Gasteiger partial charge in [-0.2, -0.15) is 0 Å². The lowest BCUT2D eigenvalue weighted by molar-refractivity contribution is -0.384. The highest BCUT2D eigenvalue weighted by atomic mass is 35.5. The zero-order chi connectivity index (χ0) is 18.1. The van der Waals surface area contributed by atoms with Crippen molar-refractivity contribution in [2.45, 2.75) is 26.3 Å². The number of rotatable bonds is 3. The van der Waals surface area contributed by atoms with Gasteiger partial charge in [-0.3, -0.25) is 14.9 Å². The first-order chi connectivity index (χ1) is 11.9. The molecule has 6 nitrogen and oxygen atoms in total. The lowest BCUT2D eigenvalue weighted by atomic mass is 10.1. The van der Waals surface area contributed by atoms with Gasteiger partial charge in [0.25, 0.3) is 5.69 Å². The van der Waals surface area contributed by atoms with Gasteiger partial charge in [0, 0.05) is 28.8 Å². The fraction of sp³-hybridized carbons (Fsp3) is 0.222. The number of nitro benzene ring substituents is 1. The molecule has 0 saturated carbocycles. The summed E-state index contributed by atoms with van der Waals surface area (Å²) >= 11 is 6.25. The maximum Gasteiger partial charge on any atom is 0.271 e. The van der Waals surface area contributed by atoms with Crippen LogP contribution < -0.4 is 4.90 Å². The molecule has 0 spiro atoms. The number of nitro groups is 1. The number of nitrogens with zero attached hydrogens (tertiary/aromatic N) is 3. The number of amides is 1. The van der Waals surface area contributed by atoms with Crippen molar-refractivity contribution in [1.82, 2.24) is 0 Å². The average molecular weight is 358 g/mol. The molecule has 0 fully saturated rings. The van der Waals surface area contributed by atoms with Crippen LogP contribution in [0.2, 0.25) is 5.02 Å². The van der Waals surface area contributed by atoms with Crippen LogP contribution in [0.5, 0.6) is 0 Å². The van der Waals surface area contributed by atoms with Crippen molar-refractivity contribution in [1.29, 1.82) is 0 Å². The molecule has 1 aliphatic rings. The summed E-state index contributed by atoms with van der Waals surface area (Å²) in [6.45, 7) is 3.78. The Labute approximate surface area is 149 Å². The van der Waals surface area contributed by atoms with E-state index in [-0.39, 0.29) is 24.1 Å². The van der Waals surface area contributed by atoms with Crippen LogP contribution in [0.1, 0.15) is 25.8 Å². The van der Waals surface area contributed by atoms with Gasteiger partial charge in [0.1, 0.15) is 0 Å². The molecule has 1 heterocycles. The summed E-state index contributed by atoms with van der Waals surface area (Å²) in [5.41, 5.74) is 2.04. The lowest BCUT2D eigenvalue weighted by Gasteiger charge is -2.26. The predicted molar refractivity (Wildman–Crippen MR) is 98.0 cm³/mol. The van der Waals surface area contributed by atoms with E-state index >= 15 is 0 Å². The van der Waals surface area contributed by atoms with Crippen molar-refractivity contribution < 1.29 is 9.72 Å². The molecule has 2 aromatic carbocycles. The number of benzene rings is 2. The number of aliphatic imine (C=N–C) groups is 1. The fourth-order valence-corrected chi connectivity index (χ4v) is 3.13. The molecular weight excluding hydrogens is 342 g/mol. The van der Waals surface area contributed by atoms with Gasteiger partial charge in [-0.15, -0.1) is 0 Å². The van der Waals surface area contributed by atoms with Crippen LogP contribution in [-0.4, -0.2) is 22.6 Å². The van der Waals surface area contributed by atoms with Gasteiger partial charge in [0.2, 0.25) is 5.91 Å². The summed E-state index contributed by atoms with van der Waals surface area (Å²) in [5.74, 6) is -0.124. The Kier molecular flexibility index (Phi) is 4.55. The van der Waals surface area contributed by atoms with Crippen LogP contribution in [0.4, 0.5) is 17.1 Å². The second-order valence-corrected chi connectivity index (χ2v) is 6.41. The van der Waals surface area contributed by atoms with Crippen molar-refractivity contribution in [2.24, 2.45) is 4.99 Å². The Balaban J connectivity index is 2.22. The van der Waals surface area contributed by atoms with Crippen molar-refractivity contribution in [3.05, 3.63) is 63.2 Å². The Hall–Kier alpha value is -2.73. The average Bonchev–Trinajstić information content (AvgIpc) is 2.69. The first kappa shape index (κ1) is 17.1. The molecule has 0 bridgehead atoms. The van der Waals surface area contributed by atoms with Crippen molar-refractivity contribution in [3.8, 4) is 0 Å². The summed E-state index contributed by atoms with van der Waals surface area (Å²) in [7, 11) is 0. The van der Waals surface area contributed by atoms with Crippen LogP contribution in [0, 0.1) is 10.1 Å². The number of hydrogen-bond donors (Lipinski definition) is 0. The predicted octanol–water partition coefficient (Wildman–Crippen LogP) is 4.51. The Bertz CT molecular complexity index is 893. The number of fused-ring (bicyclic) bond motifs is 1. The minimum Gasteiger partial charge on any atom is -0.307 e. The molecule has 128 valence electrons. The van der Waals surface area contributed by atoms with Crippen molar-refractivity contribution >= 4 is 40.3 Å². The molecule has 0 aliphatic carbocycles. The zero-order valence-electron chi connectivity index (χ0n) is 13.8.